The van der Waals surface area contributed by atoms with Crippen LogP contribution in [0.4, 0.5) is 5.69 Å². The number of rotatable bonds is 6. The average molecular weight is 395 g/mol. The summed E-state index contributed by atoms with van der Waals surface area (Å²) in [6.07, 6.45) is -1.03. The van der Waals surface area contributed by atoms with Crippen LogP contribution in [0.3, 0.4) is 0 Å². The lowest BCUT2D eigenvalue weighted by molar-refractivity contribution is -0.152. The van der Waals surface area contributed by atoms with E-state index in [1.807, 2.05) is 0 Å². The maximum atomic E-state index is 12.0. The topological polar surface area (TPSA) is 84.5 Å². The zero-order valence-corrected chi connectivity index (χ0v) is 15.3. The maximum Gasteiger partial charge on any atom is 0.326 e. The molecule has 0 spiro atoms. The molecule has 2 rings (SSSR count). The van der Waals surface area contributed by atoms with E-state index in [0.29, 0.717) is 21.3 Å². The van der Waals surface area contributed by atoms with E-state index in [1.54, 1.807) is 36.4 Å². The molecule has 0 saturated heterocycles. The molecular formula is C18H16Cl2N2O4. The second-order valence-electron chi connectivity index (χ2n) is 5.32. The lowest BCUT2D eigenvalue weighted by Gasteiger charge is -2.14. The summed E-state index contributed by atoms with van der Waals surface area (Å²) in [6, 6.07) is 12.8. The van der Waals surface area contributed by atoms with Crippen LogP contribution in [0.25, 0.3) is 0 Å². The predicted molar refractivity (Wildman–Crippen MR) is 99.4 cm³/mol. The summed E-state index contributed by atoms with van der Waals surface area (Å²) in [5.41, 5.74) is 0.843. The number of benzene rings is 2. The molecule has 0 aliphatic rings. The van der Waals surface area contributed by atoms with Crippen LogP contribution in [0.15, 0.2) is 48.5 Å². The van der Waals surface area contributed by atoms with Gasteiger partial charge in [-0.2, -0.15) is 0 Å². The van der Waals surface area contributed by atoms with Crippen LogP contribution in [0.2, 0.25) is 10.0 Å². The summed E-state index contributed by atoms with van der Waals surface area (Å²) >= 11 is 11.6. The molecule has 0 aromatic heterocycles. The molecule has 1 atom stereocenters. The first-order valence-electron chi connectivity index (χ1n) is 7.65. The van der Waals surface area contributed by atoms with Crippen LogP contribution in [0, 0.1) is 0 Å². The number of hydrogen-bond donors (Lipinski definition) is 2. The van der Waals surface area contributed by atoms with Crippen LogP contribution in [0.1, 0.15) is 17.3 Å². The third-order valence-corrected chi connectivity index (χ3v) is 3.76. The number of carbonyl (C=O) groups excluding carboxylic acids is 3. The van der Waals surface area contributed by atoms with Gasteiger partial charge in [-0.25, -0.2) is 0 Å². The number of ether oxygens (including phenoxy) is 1. The Morgan fingerprint density at radius 1 is 1.04 bits per heavy atom. The molecule has 0 unspecified atom stereocenters. The van der Waals surface area contributed by atoms with Crippen molar-refractivity contribution in [1.29, 1.82) is 0 Å². The van der Waals surface area contributed by atoms with E-state index in [0.717, 1.165) is 0 Å². The molecule has 0 bridgehead atoms. The fourth-order valence-electron chi connectivity index (χ4n) is 1.96. The van der Waals surface area contributed by atoms with E-state index in [-0.39, 0.29) is 6.54 Å². The predicted octanol–water partition coefficient (Wildman–Crippen LogP) is 3.29. The molecule has 0 fully saturated rings. The SMILES string of the molecule is C[C@H](OC(=O)CNC(=O)c1ccc(Cl)cc1)C(=O)Nc1cccc(Cl)c1. The first-order chi connectivity index (χ1) is 12.3. The first kappa shape index (κ1) is 19.8. The molecule has 2 N–H and O–H groups in total. The van der Waals surface area contributed by atoms with Crippen LogP contribution in [0.5, 0.6) is 0 Å². The Labute approximate surface area is 160 Å². The molecule has 0 aliphatic heterocycles. The van der Waals surface area contributed by atoms with Crippen molar-refractivity contribution in [2.24, 2.45) is 0 Å². The van der Waals surface area contributed by atoms with Crippen molar-refractivity contribution in [1.82, 2.24) is 5.32 Å². The van der Waals surface area contributed by atoms with Crippen molar-refractivity contribution >= 4 is 46.7 Å². The molecule has 2 amide bonds. The van der Waals surface area contributed by atoms with Gasteiger partial charge in [0.1, 0.15) is 6.54 Å². The van der Waals surface area contributed by atoms with E-state index in [1.165, 1.54) is 19.1 Å². The molecular weight excluding hydrogens is 379 g/mol. The van der Waals surface area contributed by atoms with Gasteiger partial charge in [0.15, 0.2) is 6.10 Å². The highest BCUT2D eigenvalue weighted by molar-refractivity contribution is 6.31. The number of nitrogens with one attached hydrogen (secondary N) is 2. The molecule has 0 aliphatic carbocycles. The lowest BCUT2D eigenvalue weighted by Crippen LogP contribution is -2.35. The van der Waals surface area contributed by atoms with E-state index in [2.05, 4.69) is 10.6 Å². The van der Waals surface area contributed by atoms with Gasteiger partial charge in [-0.05, 0) is 49.4 Å². The van der Waals surface area contributed by atoms with Crippen LogP contribution >= 0.6 is 23.2 Å². The van der Waals surface area contributed by atoms with Gasteiger partial charge < -0.3 is 15.4 Å². The summed E-state index contributed by atoms with van der Waals surface area (Å²) in [4.78, 5) is 35.7. The number of anilines is 1. The van der Waals surface area contributed by atoms with E-state index in [9.17, 15) is 14.4 Å². The number of halogens is 2. The summed E-state index contributed by atoms with van der Waals surface area (Å²) in [5.74, 6) is -1.69. The minimum atomic E-state index is -1.03. The third-order valence-electron chi connectivity index (χ3n) is 3.27. The highest BCUT2D eigenvalue weighted by atomic mass is 35.5. The Morgan fingerprint density at radius 2 is 1.73 bits per heavy atom. The Morgan fingerprint density at radius 3 is 2.38 bits per heavy atom. The quantitative estimate of drug-likeness (QED) is 0.736. The zero-order valence-electron chi connectivity index (χ0n) is 13.8. The Bertz CT molecular complexity index is 809. The second kappa shape index (κ2) is 9.22. The van der Waals surface area contributed by atoms with Gasteiger partial charge in [0.2, 0.25) is 0 Å². The van der Waals surface area contributed by atoms with Gasteiger partial charge in [-0.1, -0.05) is 29.3 Å². The number of amides is 2. The summed E-state index contributed by atoms with van der Waals surface area (Å²) in [6.45, 7) is 1.06. The number of esters is 1. The average Bonchev–Trinajstić information content (AvgIpc) is 2.60. The van der Waals surface area contributed by atoms with Gasteiger partial charge in [0, 0.05) is 21.3 Å². The van der Waals surface area contributed by atoms with E-state index in [4.69, 9.17) is 27.9 Å². The van der Waals surface area contributed by atoms with Crippen LogP contribution < -0.4 is 10.6 Å². The number of hydrogen-bond acceptors (Lipinski definition) is 4. The molecule has 136 valence electrons. The van der Waals surface area contributed by atoms with Gasteiger partial charge in [-0.3, -0.25) is 14.4 Å². The standard InChI is InChI=1S/C18H16Cl2N2O4/c1-11(17(24)22-15-4-2-3-14(20)9-15)26-16(23)10-21-18(25)12-5-7-13(19)8-6-12/h2-9,11H,10H2,1H3,(H,21,25)(H,22,24)/t11-/m0/s1. The fourth-order valence-corrected chi connectivity index (χ4v) is 2.27. The Hall–Kier alpha value is -2.57. The summed E-state index contributed by atoms with van der Waals surface area (Å²) < 4.78 is 5.00. The zero-order chi connectivity index (χ0) is 19.1. The first-order valence-corrected chi connectivity index (χ1v) is 8.40. The van der Waals surface area contributed by atoms with Gasteiger partial charge in [0.25, 0.3) is 11.8 Å². The summed E-state index contributed by atoms with van der Waals surface area (Å²) in [5, 5.41) is 5.97. The van der Waals surface area contributed by atoms with Gasteiger partial charge in [0.05, 0.1) is 0 Å². The smallest absolute Gasteiger partial charge is 0.326 e. The monoisotopic (exact) mass is 394 g/mol. The molecule has 26 heavy (non-hydrogen) atoms. The number of carbonyl (C=O) groups is 3. The highest BCUT2D eigenvalue weighted by Gasteiger charge is 2.18. The molecule has 8 heteroatoms. The van der Waals surface area contributed by atoms with Crippen molar-refractivity contribution < 1.29 is 19.1 Å². The molecule has 0 radical (unpaired) electrons. The minimum Gasteiger partial charge on any atom is -0.451 e. The highest BCUT2D eigenvalue weighted by Crippen LogP contribution is 2.15. The molecule has 0 heterocycles. The van der Waals surface area contributed by atoms with Crippen LogP contribution in [-0.2, 0) is 14.3 Å². The Kier molecular flexibility index (Phi) is 7.00. The van der Waals surface area contributed by atoms with Gasteiger partial charge in [-0.15, -0.1) is 0 Å². The van der Waals surface area contributed by atoms with Crippen molar-refractivity contribution in [3.8, 4) is 0 Å². The normalized spacial score (nSPS) is 11.3. The van der Waals surface area contributed by atoms with Crippen molar-refractivity contribution in [3.05, 3.63) is 64.1 Å². The van der Waals surface area contributed by atoms with E-state index < -0.39 is 23.9 Å². The second-order valence-corrected chi connectivity index (χ2v) is 6.19. The molecule has 0 saturated carbocycles. The van der Waals surface area contributed by atoms with Gasteiger partial charge >= 0.3 is 5.97 Å². The third kappa shape index (κ3) is 6.06. The molecule has 2 aromatic rings. The largest absolute Gasteiger partial charge is 0.451 e. The fraction of sp³-hybridized carbons (Fsp3) is 0.167. The van der Waals surface area contributed by atoms with Crippen molar-refractivity contribution in [2.75, 3.05) is 11.9 Å². The summed E-state index contributed by atoms with van der Waals surface area (Å²) in [7, 11) is 0. The minimum absolute atomic E-state index is 0.356. The van der Waals surface area contributed by atoms with Crippen LogP contribution in [-0.4, -0.2) is 30.4 Å². The molecule has 6 nitrogen and oxygen atoms in total. The molecule has 2 aromatic carbocycles. The maximum absolute atomic E-state index is 12.0. The lowest BCUT2D eigenvalue weighted by atomic mass is 10.2. The van der Waals surface area contributed by atoms with Crippen molar-refractivity contribution in [2.45, 2.75) is 13.0 Å². The van der Waals surface area contributed by atoms with E-state index >= 15 is 0 Å². The van der Waals surface area contributed by atoms with Crippen molar-refractivity contribution in [3.63, 3.8) is 0 Å². The Balaban J connectivity index is 1.80.